The van der Waals surface area contributed by atoms with Crippen LogP contribution in [0.25, 0.3) is 0 Å². The summed E-state index contributed by atoms with van der Waals surface area (Å²) in [6.07, 6.45) is 4.24. The molecule has 1 saturated carbocycles. The highest BCUT2D eigenvalue weighted by Gasteiger charge is 2.49. The number of piperidine rings is 1. The molecule has 3 amide bonds. The lowest BCUT2D eigenvalue weighted by Crippen LogP contribution is -2.54. The molecule has 0 radical (unpaired) electrons. The van der Waals surface area contributed by atoms with E-state index >= 15 is 0 Å². The molecule has 156 valence electrons. The molecule has 2 heterocycles. The first-order chi connectivity index (χ1) is 13.4. The second-order valence-corrected chi connectivity index (χ2v) is 8.04. The summed E-state index contributed by atoms with van der Waals surface area (Å²) in [5.41, 5.74) is 0. The van der Waals surface area contributed by atoms with Crippen molar-refractivity contribution in [2.24, 2.45) is 17.8 Å². The van der Waals surface area contributed by atoms with Gasteiger partial charge in [0.1, 0.15) is 12.1 Å². The Balaban J connectivity index is 1.73. The standard InChI is InChI=1S/C19H29N3O6/c1-28-18(25)14(9-11-6-4-8-20-16(11)23)21-17(24)15-13-7-3-2-5-12(13)10-22(15)19(26)27/h11-15H,2-10H2,1H3,(H,20,23)(H,21,24)(H,26,27)/t11-,12-,13-,14-,15-/m0/s1. The van der Waals surface area contributed by atoms with Gasteiger partial charge in [-0.25, -0.2) is 9.59 Å². The number of nitrogens with one attached hydrogen (secondary N) is 2. The second kappa shape index (κ2) is 8.79. The van der Waals surface area contributed by atoms with Gasteiger partial charge in [-0.2, -0.15) is 0 Å². The predicted octanol–water partition coefficient (Wildman–Crippen LogP) is 0.729. The molecule has 3 fully saturated rings. The molecule has 3 aliphatic rings. The number of likely N-dealkylation sites (tertiary alicyclic amines) is 1. The molecule has 9 heteroatoms. The highest BCUT2D eigenvalue weighted by atomic mass is 16.5. The largest absolute Gasteiger partial charge is 0.467 e. The van der Waals surface area contributed by atoms with Crippen molar-refractivity contribution in [1.29, 1.82) is 0 Å². The lowest BCUT2D eigenvalue weighted by Gasteiger charge is -2.31. The van der Waals surface area contributed by atoms with Crippen molar-refractivity contribution >= 4 is 23.9 Å². The second-order valence-electron chi connectivity index (χ2n) is 8.04. The maximum Gasteiger partial charge on any atom is 0.407 e. The lowest BCUT2D eigenvalue weighted by molar-refractivity contribution is -0.146. The van der Waals surface area contributed by atoms with Crippen molar-refractivity contribution in [2.75, 3.05) is 20.2 Å². The van der Waals surface area contributed by atoms with E-state index in [1.54, 1.807) is 0 Å². The normalized spacial score (nSPS) is 30.8. The summed E-state index contributed by atoms with van der Waals surface area (Å²) >= 11 is 0. The number of hydrogen-bond acceptors (Lipinski definition) is 5. The van der Waals surface area contributed by atoms with Crippen molar-refractivity contribution in [2.45, 2.75) is 57.0 Å². The number of fused-ring (bicyclic) bond motifs is 1. The molecule has 0 aromatic heterocycles. The van der Waals surface area contributed by atoms with Crippen LogP contribution in [-0.4, -0.2) is 66.2 Å². The molecule has 0 aromatic rings. The van der Waals surface area contributed by atoms with Crippen LogP contribution in [0.5, 0.6) is 0 Å². The third kappa shape index (κ3) is 4.23. The Labute approximate surface area is 164 Å². The molecule has 3 N–H and O–H groups in total. The summed E-state index contributed by atoms with van der Waals surface area (Å²) in [6, 6.07) is -1.76. The van der Waals surface area contributed by atoms with Gasteiger partial charge < -0.3 is 20.5 Å². The fourth-order valence-corrected chi connectivity index (χ4v) is 4.97. The highest BCUT2D eigenvalue weighted by molar-refractivity contribution is 5.90. The van der Waals surface area contributed by atoms with Crippen LogP contribution in [0.3, 0.4) is 0 Å². The Kier molecular flexibility index (Phi) is 6.41. The van der Waals surface area contributed by atoms with Crippen LogP contribution in [0.4, 0.5) is 4.79 Å². The number of methoxy groups -OCH3 is 1. The predicted molar refractivity (Wildman–Crippen MR) is 98.3 cm³/mol. The molecule has 5 atom stereocenters. The van der Waals surface area contributed by atoms with Gasteiger partial charge in [0.15, 0.2) is 0 Å². The summed E-state index contributed by atoms with van der Waals surface area (Å²) in [5, 5.41) is 15.0. The van der Waals surface area contributed by atoms with Crippen molar-refractivity contribution in [1.82, 2.24) is 15.5 Å². The molecule has 28 heavy (non-hydrogen) atoms. The SMILES string of the molecule is COC(=O)[C@H](C[C@@H]1CCCNC1=O)NC(=O)[C@@H]1[C@H]2CCCC[C@H]2CN1C(=O)O. The van der Waals surface area contributed by atoms with Crippen LogP contribution in [0.1, 0.15) is 44.9 Å². The first-order valence-electron chi connectivity index (χ1n) is 10.1. The molecule has 0 unspecified atom stereocenters. The van der Waals surface area contributed by atoms with Crippen molar-refractivity contribution in [3.8, 4) is 0 Å². The highest BCUT2D eigenvalue weighted by Crippen LogP contribution is 2.40. The Morgan fingerprint density at radius 3 is 2.68 bits per heavy atom. The Morgan fingerprint density at radius 1 is 1.25 bits per heavy atom. The van der Waals surface area contributed by atoms with Crippen LogP contribution in [-0.2, 0) is 19.1 Å². The molecule has 0 spiro atoms. The minimum Gasteiger partial charge on any atom is -0.467 e. The van der Waals surface area contributed by atoms with Gasteiger partial charge in [0.2, 0.25) is 11.8 Å². The number of rotatable bonds is 5. The maximum absolute atomic E-state index is 13.0. The number of esters is 1. The van der Waals surface area contributed by atoms with Crippen molar-refractivity contribution in [3.05, 3.63) is 0 Å². The number of hydrogen-bond donors (Lipinski definition) is 3. The molecular weight excluding hydrogens is 366 g/mol. The molecule has 2 saturated heterocycles. The number of nitrogens with zero attached hydrogens (tertiary/aromatic N) is 1. The average molecular weight is 395 g/mol. The first-order valence-corrected chi connectivity index (χ1v) is 10.1. The van der Waals surface area contributed by atoms with E-state index in [0.717, 1.165) is 32.1 Å². The van der Waals surface area contributed by atoms with Gasteiger partial charge in [-0.3, -0.25) is 14.5 Å². The number of ether oxygens (including phenoxy) is 1. The molecule has 9 nitrogen and oxygen atoms in total. The number of amides is 3. The third-order valence-electron chi connectivity index (χ3n) is 6.38. The number of carbonyl (C=O) groups is 4. The topological polar surface area (TPSA) is 125 Å². The van der Waals surface area contributed by atoms with Gasteiger partial charge in [0.25, 0.3) is 0 Å². The third-order valence-corrected chi connectivity index (χ3v) is 6.38. The lowest BCUT2D eigenvalue weighted by atomic mass is 9.78. The van der Waals surface area contributed by atoms with Gasteiger partial charge in [-0.1, -0.05) is 12.8 Å². The Morgan fingerprint density at radius 2 is 2.00 bits per heavy atom. The summed E-state index contributed by atoms with van der Waals surface area (Å²) in [5.74, 6) is -1.44. The zero-order chi connectivity index (χ0) is 20.3. The van der Waals surface area contributed by atoms with Gasteiger partial charge >= 0.3 is 12.1 Å². The van der Waals surface area contributed by atoms with Crippen LogP contribution in [0, 0.1) is 17.8 Å². The zero-order valence-electron chi connectivity index (χ0n) is 16.2. The molecule has 1 aliphatic carbocycles. The molecule has 0 bridgehead atoms. The van der Waals surface area contributed by atoms with E-state index in [9.17, 15) is 24.3 Å². The van der Waals surface area contributed by atoms with E-state index in [-0.39, 0.29) is 30.1 Å². The van der Waals surface area contributed by atoms with Crippen LogP contribution in [0.15, 0.2) is 0 Å². The monoisotopic (exact) mass is 395 g/mol. The van der Waals surface area contributed by atoms with Crippen LogP contribution in [0.2, 0.25) is 0 Å². The molecular formula is C19H29N3O6. The summed E-state index contributed by atoms with van der Waals surface area (Å²) in [4.78, 5) is 50.2. The average Bonchev–Trinajstić information content (AvgIpc) is 3.08. The summed E-state index contributed by atoms with van der Waals surface area (Å²) in [6.45, 7) is 0.968. The van der Waals surface area contributed by atoms with Crippen molar-refractivity contribution in [3.63, 3.8) is 0 Å². The fourth-order valence-electron chi connectivity index (χ4n) is 4.97. The molecule has 2 aliphatic heterocycles. The fraction of sp³-hybridized carbons (Fsp3) is 0.789. The smallest absolute Gasteiger partial charge is 0.407 e. The van der Waals surface area contributed by atoms with E-state index < -0.39 is 30.1 Å². The Bertz CT molecular complexity index is 639. The van der Waals surface area contributed by atoms with Gasteiger partial charge in [-0.15, -0.1) is 0 Å². The molecule has 3 rings (SSSR count). The van der Waals surface area contributed by atoms with E-state index in [1.807, 2.05) is 0 Å². The summed E-state index contributed by atoms with van der Waals surface area (Å²) < 4.78 is 4.82. The number of carbonyl (C=O) groups excluding carboxylic acids is 3. The minimum atomic E-state index is -1.11. The van der Waals surface area contributed by atoms with E-state index in [2.05, 4.69) is 10.6 Å². The summed E-state index contributed by atoms with van der Waals surface area (Å²) in [7, 11) is 1.23. The van der Waals surface area contributed by atoms with Crippen molar-refractivity contribution < 1.29 is 29.0 Å². The maximum atomic E-state index is 13.0. The van der Waals surface area contributed by atoms with Gasteiger partial charge in [-0.05, 0) is 43.9 Å². The van der Waals surface area contributed by atoms with E-state index in [4.69, 9.17) is 4.74 Å². The molecule has 0 aromatic carbocycles. The van der Waals surface area contributed by atoms with E-state index in [0.29, 0.717) is 19.5 Å². The van der Waals surface area contributed by atoms with E-state index in [1.165, 1.54) is 12.0 Å². The van der Waals surface area contributed by atoms with Crippen LogP contribution < -0.4 is 10.6 Å². The van der Waals surface area contributed by atoms with Gasteiger partial charge in [0.05, 0.1) is 7.11 Å². The minimum absolute atomic E-state index is 0.0267. The Hall–Kier alpha value is -2.32. The van der Waals surface area contributed by atoms with Crippen LogP contribution >= 0.6 is 0 Å². The van der Waals surface area contributed by atoms with Gasteiger partial charge in [0, 0.05) is 19.0 Å². The zero-order valence-corrected chi connectivity index (χ0v) is 16.2. The quantitative estimate of drug-likeness (QED) is 0.590. The first kappa shape index (κ1) is 20.4. The number of carboxylic acid groups (broad SMARTS) is 1.